The highest BCUT2D eigenvalue weighted by Gasteiger charge is 2.16. The van der Waals surface area contributed by atoms with Crippen molar-refractivity contribution in [1.29, 1.82) is 0 Å². The summed E-state index contributed by atoms with van der Waals surface area (Å²) in [5.74, 6) is 0. The molecule has 0 spiro atoms. The van der Waals surface area contributed by atoms with E-state index in [-0.39, 0.29) is 24.8 Å². The molecule has 0 radical (unpaired) electrons. The second-order valence-corrected chi connectivity index (χ2v) is 8.06. The van der Waals surface area contributed by atoms with Gasteiger partial charge in [0.25, 0.3) is 0 Å². The zero-order chi connectivity index (χ0) is 15.5. The molecule has 3 aromatic rings. The average Bonchev–Trinajstić information content (AvgIpc) is 2.53. The van der Waals surface area contributed by atoms with E-state index in [2.05, 4.69) is 93.6 Å². The fourth-order valence-electron chi connectivity index (χ4n) is 2.53. The van der Waals surface area contributed by atoms with Gasteiger partial charge in [-0.2, -0.15) is 0 Å². The van der Waals surface area contributed by atoms with Crippen molar-refractivity contribution in [1.82, 2.24) is 0 Å². The highest BCUT2D eigenvalue weighted by molar-refractivity contribution is 7.79. The summed E-state index contributed by atoms with van der Waals surface area (Å²) in [6.45, 7) is 6.43. The van der Waals surface area contributed by atoms with E-state index in [1.54, 1.807) is 0 Å². The second-order valence-electron chi connectivity index (χ2n) is 5.84. The number of benzene rings is 3. The summed E-state index contributed by atoms with van der Waals surface area (Å²) in [6.07, 6.45) is 0. The van der Waals surface area contributed by atoms with Crippen LogP contribution in [-0.2, 0) is 0 Å². The van der Waals surface area contributed by atoms with Crippen LogP contribution in [0, 0.1) is 20.8 Å². The molecule has 0 nitrogen and oxygen atoms in total. The Hall–Kier alpha value is -1.33. The second kappa shape index (κ2) is 9.23. The largest absolute Gasteiger partial charge is 1.00 e. The molecule has 0 fully saturated rings. The number of rotatable bonds is 3. The van der Waals surface area contributed by atoms with E-state index >= 15 is 0 Å². The van der Waals surface area contributed by atoms with Gasteiger partial charge in [0.2, 0.25) is 0 Å². The third-order valence-electron chi connectivity index (χ3n) is 3.88. The van der Waals surface area contributed by atoms with Gasteiger partial charge in [-0.1, -0.05) is 89.5 Å². The topological polar surface area (TPSA) is 0 Å². The molecule has 0 amide bonds. The van der Waals surface area contributed by atoms with Crippen molar-refractivity contribution in [3.8, 4) is 0 Å². The Bertz CT molecular complexity index is 639. The van der Waals surface area contributed by atoms with Crippen LogP contribution < -0.4 is 40.7 Å². The van der Waals surface area contributed by atoms with Crippen molar-refractivity contribution in [2.75, 3.05) is 0 Å². The van der Waals surface area contributed by atoms with Crippen LogP contribution >= 0.6 is 7.92 Å². The van der Waals surface area contributed by atoms with Crippen molar-refractivity contribution >= 4 is 23.8 Å². The molecule has 0 N–H and O–H groups in total. The fraction of sp³-hybridized carbons (Fsp3) is 0.143. The average molecular weight is 375 g/mol. The third-order valence-corrected chi connectivity index (χ3v) is 6.32. The minimum absolute atomic E-state index is 0. The Morgan fingerprint density at radius 2 is 0.625 bits per heavy atom. The van der Waals surface area contributed by atoms with Crippen LogP contribution in [0.4, 0.5) is 0 Å². The maximum Gasteiger partial charge on any atom is -0.0134 e. The normalized spacial score (nSPS) is 10.0. The van der Waals surface area contributed by atoms with Gasteiger partial charge in [0, 0.05) is 0 Å². The summed E-state index contributed by atoms with van der Waals surface area (Å²) < 4.78 is 0. The first-order chi connectivity index (χ1) is 10.6. The molecule has 0 aromatic heterocycles. The van der Waals surface area contributed by atoms with Gasteiger partial charge in [-0.25, -0.2) is 0 Å². The predicted molar refractivity (Wildman–Crippen MR) is 99.4 cm³/mol. The first kappa shape index (κ1) is 20.7. The van der Waals surface area contributed by atoms with E-state index in [0.717, 1.165) is 0 Å². The van der Waals surface area contributed by atoms with E-state index in [0.29, 0.717) is 0 Å². The monoisotopic (exact) mass is 374 g/mol. The van der Waals surface area contributed by atoms with Crippen LogP contribution in [0.25, 0.3) is 0 Å². The van der Waals surface area contributed by atoms with Crippen LogP contribution in [0.1, 0.15) is 16.7 Å². The molecule has 0 heterocycles. The molecular weight excluding hydrogens is 354 g/mol. The highest BCUT2D eigenvalue weighted by Crippen LogP contribution is 2.32. The minimum atomic E-state index is -0.483. The molecule has 0 saturated heterocycles. The summed E-state index contributed by atoms with van der Waals surface area (Å²) in [7, 11) is -0.483. The Kier molecular flexibility index (Phi) is 7.97. The molecule has 0 bridgehead atoms. The molecule has 0 saturated carbocycles. The van der Waals surface area contributed by atoms with Crippen LogP contribution in [-0.4, -0.2) is 0 Å². The van der Waals surface area contributed by atoms with E-state index in [1.807, 2.05) is 0 Å². The number of halogens is 2. The summed E-state index contributed by atoms with van der Waals surface area (Å²) in [5.41, 5.74) is 3.93. The first-order valence-corrected chi connectivity index (χ1v) is 8.98. The standard InChI is InChI=1S/C21H21P.2ClH/c1-16-4-10-19(11-5-16)22(20-12-6-17(2)7-13-20)21-14-8-18(3)9-15-21;;/h4-15H,1-3H3;2*1H/p-2. The van der Waals surface area contributed by atoms with Crippen LogP contribution in [0.15, 0.2) is 72.8 Å². The molecule has 24 heavy (non-hydrogen) atoms. The molecule has 3 heteroatoms. The van der Waals surface area contributed by atoms with Gasteiger partial charge in [0.05, 0.1) is 0 Å². The van der Waals surface area contributed by atoms with Gasteiger partial charge in [0.1, 0.15) is 0 Å². The van der Waals surface area contributed by atoms with Crippen molar-refractivity contribution in [2.24, 2.45) is 0 Å². The van der Waals surface area contributed by atoms with E-state index in [4.69, 9.17) is 0 Å². The highest BCUT2D eigenvalue weighted by atomic mass is 35.5. The van der Waals surface area contributed by atoms with Gasteiger partial charge < -0.3 is 24.8 Å². The van der Waals surface area contributed by atoms with E-state index in [1.165, 1.54) is 32.6 Å². The molecule has 3 rings (SSSR count). The molecule has 0 unspecified atom stereocenters. The van der Waals surface area contributed by atoms with Crippen LogP contribution in [0.3, 0.4) is 0 Å². The van der Waals surface area contributed by atoms with E-state index < -0.39 is 7.92 Å². The Morgan fingerprint density at radius 1 is 0.417 bits per heavy atom. The summed E-state index contributed by atoms with van der Waals surface area (Å²) in [5, 5.41) is 4.23. The zero-order valence-electron chi connectivity index (χ0n) is 14.1. The quantitative estimate of drug-likeness (QED) is 0.483. The van der Waals surface area contributed by atoms with Crippen LogP contribution in [0.5, 0.6) is 0 Å². The van der Waals surface area contributed by atoms with E-state index in [9.17, 15) is 0 Å². The predicted octanol–water partition coefficient (Wildman–Crippen LogP) is -1.62. The smallest absolute Gasteiger partial charge is 0.0134 e. The minimum Gasteiger partial charge on any atom is -1.00 e. The molecule has 3 aromatic carbocycles. The van der Waals surface area contributed by atoms with Crippen molar-refractivity contribution in [3.63, 3.8) is 0 Å². The Morgan fingerprint density at radius 3 is 0.833 bits per heavy atom. The van der Waals surface area contributed by atoms with Crippen molar-refractivity contribution in [2.45, 2.75) is 20.8 Å². The zero-order valence-corrected chi connectivity index (χ0v) is 16.5. The molecule has 0 atom stereocenters. The first-order valence-electron chi connectivity index (χ1n) is 7.63. The Labute approximate surface area is 158 Å². The molecular formula is C21H21Cl2P-2. The summed E-state index contributed by atoms with van der Waals surface area (Å²) in [4.78, 5) is 0. The molecule has 0 aliphatic heterocycles. The maximum atomic E-state index is 2.28. The lowest BCUT2D eigenvalue weighted by Gasteiger charge is -2.20. The van der Waals surface area contributed by atoms with Gasteiger partial charge in [0.15, 0.2) is 0 Å². The number of aryl methyl sites for hydroxylation is 3. The fourth-order valence-corrected chi connectivity index (χ4v) is 4.76. The molecule has 0 aliphatic rings. The van der Waals surface area contributed by atoms with Gasteiger partial charge >= 0.3 is 0 Å². The lowest BCUT2D eigenvalue weighted by Crippen LogP contribution is -3.00. The van der Waals surface area contributed by atoms with Crippen molar-refractivity contribution in [3.05, 3.63) is 89.5 Å². The lowest BCUT2D eigenvalue weighted by molar-refractivity contribution is -0.001000. The SMILES string of the molecule is Cc1ccc(P(c2ccc(C)cc2)c2ccc(C)cc2)cc1.[Cl-].[Cl-]. The molecule has 0 aliphatic carbocycles. The number of hydrogen-bond donors (Lipinski definition) is 0. The number of hydrogen-bond acceptors (Lipinski definition) is 0. The summed E-state index contributed by atoms with van der Waals surface area (Å²) in [6, 6.07) is 27.0. The van der Waals surface area contributed by atoms with Gasteiger partial charge in [-0.3, -0.25) is 0 Å². The lowest BCUT2D eigenvalue weighted by atomic mass is 10.2. The maximum absolute atomic E-state index is 2.28. The van der Waals surface area contributed by atoms with Gasteiger partial charge in [-0.15, -0.1) is 0 Å². The van der Waals surface area contributed by atoms with Crippen molar-refractivity contribution < 1.29 is 24.8 Å². The molecule has 126 valence electrons. The van der Waals surface area contributed by atoms with Gasteiger partial charge in [-0.05, 0) is 44.6 Å². The Balaban J connectivity index is 0.00000144. The third kappa shape index (κ3) is 4.84. The van der Waals surface area contributed by atoms with Crippen LogP contribution in [0.2, 0.25) is 0 Å². The summed E-state index contributed by atoms with van der Waals surface area (Å²) >= 11 is 0.